The second kappa shape index (κ2) is 8.05. The van der Waals surface area contributed by atoms with Crippen molar-refractivity contribution in [2.24, 2.45) is 0 Å². The van der Waals surface area contributed by atoms with Gasteiger partial charge in [0.2, 0.25) is 11.8 Å². The van der Waals surface area contributed by atoms with E-state index in [1.165, 1.54) is 11.8 Å². The van der Waals surface area contributed by atoms with Crippen LogP contribution in [-0.4, -0.2) is 41.1 Å². The number of anilines is 1. The number of fused-ring (bicyclic) bond motifs is 1. The van der Waals surface area contributed by atoms with Gasteiger partial charge >= 0.3 is 0 Å². The van der Waals surface area contributed by atoms with Gasteiger partial charge in [0, 0.05) is 24.4 Å². The first-order chi connectivity index (χ1) is 10.2. The minimum atomic E-state index is -0.122. The van der Waals surface area contributed by atoms with E-state index >= 15 is 0 Å². The van der Waals surface area contributed by atoms with Crippen LogP contribution < -0.4 is 10.6 Å². The maximum Gasteiger partial charge on any atom is 0.237 e. The molecule has 3 N–H and O–H groups in total. The van der Waals surface area contributed by atoms with Crippen LogP contribution >= 0.6 is 11.8 Å². The molecule has 1 aliphatic rings. The molecule has 0 aliphatic carbocycles. The predicted octanol–water partition coefficient (Wildman–Crippen LogP) is 1.17. The van der Waals surface area contributed by atoms with E-state index in [2.05, 4.69) is 10.6 Å². The molecule has 1 aliphatic heterocycles. The van der Waals surface area contributed by atoms with E-state index in [-0.39, 0.29) is 30.2 Å². The van der Waals surface area contributed by atoms with Crippen molar-refractivity contribution in [1.82, 2.24) is 5.32 Å². The molecule has 114 valence electrons. The van der Waals surface area contributed by atoms with Crippen molar-refractivity contribution in [2.45, 2.75) is 24.5 Å². The fraction of sp³-hybridized carbons (Fsp3) is 0.467. The van der Waals surface area contributed by atoms with Crippen molar-refractivity contribution in [1.29, 1.82) is 0 Å². The van der Waals surface area contributed by atoms with Crippen LogP contribution in [0.4, 0.5) is 5.69 Å². The largest absolute Gasteiger partial charge is 0.395 e. The Morgan fingerprint density at radius 3 is 3.05 bits per heavy atom. The zero-order valence-electron chi connectivity index (χ0n) is 11.8. The number of rotatable bonds is 6. The van der Waals surface area contributed by atoms with Gasteiger partial charge in [-0.25, -0.2) is 0 Å². The average molecular weight is 308 g/mol. The summed E-state index contributed by atoms with van der Waals surface area (Å²) in [7, 11) is 0. The Bertz CT molecular complexity index is 507. The minimum absolute atomic E-state index is 0.0146. The lowest BCUT2D eigenvalue weighted by Gasteiger charge is -2.12. The normalized spacial score (nSPS) is 17.6. The molecule has 21 heavy (non-hydrogen) atoms. The van der Waals surface area contributed by atoms with Gasteiger partial charge < -0.3 is 15.7 Å². The fourth-order valence-electron chi connectivity index (χ4n) is 2.23. The van der Waals surface area contributed by atoms with E-state index in [0.717, 1.165) is 24.1 Å². The molecule has 0 saturated carbocycles. The Balaban J connectivity index is 1.80. The van der Waals surface area contributed by atoms with Gasteiger partial charge in [0.15, 0.2) is 0 Å². The quantitative estimate of drug-likeness (QED) is 0.737. The lowest BCUT2D eigenvalue weighted by Crippen LogP contribution is -2.28. The van der Waals surface area contributed by atoms with Crippen LogP contribution in [0.1, 0.15) is 18.4 Å². The molecule has 1 atom stereocenters. The summed E-state index contributed by atoms with van der Waals surface area (Å²) in [5.41, 5.74) is 2.06. The molecular formula is C15H20N2O3S. The summed E-state index contributed by atoms with van der Waals surface area (Å²) in [6, 6.07) is 7.84. The number of thioether (sulfide) groups is 1. The van der Waals surface area contributed by atoms with Crippen LogP contribution in [0.25, 0.3) is 0 Å². The summed E-state index contributed by atoms with van der Waals surface area (Å²) in [5, 5.41) is 14.1. The van der Waals surface area contributed by atoms with Crippen LogP contribution in [0.2, 0.25) is 0 Å². The molecule has 0 spiro atoms. The summed E-state index contributed by atoms with van der Waals surface area (Å²) in [4.78, 5) is 23.6. The molecule has 5 nitrogen and oxygen atoms in total. The number of benzene rings is 1. The topological polar surface area (TPSA) is 78.4 Å². The number of amides is 2. The molecule has 1 heterocycles. The van der Waals surface area contributed by atoms with Gasteiger partial charge in [-0.05, 0) is 24.5 Å². The number of carbonyl (C=O) groups is 2. The summed E-state index contributed by atoms with van der Waals surface area (Å²) >= 11 is 1.52. The molecule has 1 aromatic carbocycles. The van der Waals surface area contributed by atoms with Gasteiger partial charge in [0.05, 0.1) is 11.9 Å². The lowest BCUT2D eigenvalue weighted by molar-refractivity contribution is -0.121. The van der Waals surface area contributed by atoms with Crippen molar-refractivity contribution in [2.75, 3.05) is 24.2 Å². The van der Waals surface area contributed by atoms with Gasteiger partial charge in [-0.3, -0.25) is 9.59 Å². The highest BCUT2D eigenvalue weighted by Crippen LogP contribution is 2.27. The monoisotopic (exact) mass is 308 g/mol. The smallest absolute Gasteiger partial charge is 0.237 e. The number of nitrogens with one attached hydrogen (secondary N) is 2. The van der Waals surface area contributed by atoms with Crippen molar-refractivity contribution in [3.63, 3.8) is 0 Å². The first-order valence-corrected chi connectivity index (χ1v) is 8.13. The Labute approximate surface area is 128 Å². The highest BCUT2D eigenvalue weighted by molar-refractivity contribution is 8.00. The molecule has 2 rings (SSSR count). The van der Waals surface area contributed by atoms with E-state index < -0.39 is 0 Å². The van der Waals surface area contributed by atoms with Crippen LogP contribution in [-0.2, 0) is 16.0 Å². The van der Waals surface area contributed by atoms with E-state index in [4.69, 9.17) is 5.11 Å². The van der Waals surface area contributed by atoms with Gasteiger partial charge in [-0.1, -0.05) is 18.2 Å². The Hall–Kier alpha value is -1.53. The summed E-state index contributed by atoms with van der Waals surface area (Å²) in [6.45, 7) is 0.227. The predicted molar refractivity (Wildman–Crippen MR) is 84.4 cm³/mol. The zero-order valence-corrected chi connectivity index (χ0v) is 12.6. The van der Waals surface area contributed by atoms with Crippen LogP contribution in [0, 0.1) is 0 Å². The highest BCUT2D eigenvalue weighted by atomic mass is 32.2. The molecule has 0 unspecified atom stereocenters. The van der Waals surface area contributed by atoms with Gasteiger partial charge in [-0.2, -0.15) is 0 Å². The molecule has 2 amide bonds. The highest BCUT2D eigenvalue weighted by Gasteiger charge is 2.23. The third-order valence-electron chi connectivity index (χ3n) is 3.33. The Kier molecular flexibility index (Phi) is 6.07. The number of carbonyl (C=O) groups excluding carboxylic acids is 2. The average Bonchev–Trinajstić information content (AvgIpc) is 2.64. The molecule has 0 bridgehead atoms. The number of para-hydroxylation sites is 1. The second-order valence-electron chi connectivity index (χ2n) is 4.87. The van der Waals surface area contributed by atoms with Gasteiger partial charge in [-0.15, -0.1) is 11.8 Å². The maximum absolute atomic E-state index is 12.2. The van der Waals surface area contributed by atoms with Crippen LogP contribution in [0.3, 0.4) is 0 Å². The lowest BCUT2D eigenvalue weighted by atomic mass is 10.1. The SMILES string of the molecule is O=C(CCS[C@@H]1CCc2ccccc2NC1=O)NCCO. The molecule has 1 aromatic rings. The van der Waals surface area contributed by atoms with E-state index in [9.17, 15) is 9.59 Å². The van der Waals surface area contributed by atoms with Crippen molar-refractivity contribution < 1.29 is 14.7 Å². The molecule has 0 radical (unpaired) electrons. The van der Waals surface area contributed by atoms with Gasteiger partial charge in [0.1, 0.15) is 0 Å². The standard InChI is InChI=1S/C15H20N2O3S/c18-9-8-16-14(19)7-10-21-13-6-5-11-3-1-2-4-12(11)17-15(13)20/h1-4,13,18H,5-10H2,(H,16,19)(H,17,20)/t13-/m1/s1. The number of aliphatic hydroxyl groups excluding tert-OH is 1. The van der Waals surface area contributed by atoms with Crippen LogP contribution in [0.15, 0.2) is 24.3 Å². The van der Waals surface area contributed by atoms with E-state index in [1.807, 2.05) is 24.3 Å². The molecule has 0 fully saturated rings. The summed E-state index contributed by atoms with van der Waals surface area (Å²) in [6.07, 6.45) is 2.01. The first kappa shape index (κ1) is 15.9. The van der Waals surface area contributed by atoms with Crippen molar-refractivity contribution >= 4 is 29.3 Å². The number of aliphatic hydroxyl groups is 1. The maximum atomic E-state index is 12.2. The fourth-order valence-corrected chi connectivity index (χ4v) is 3.31. The second-order valence-corrected chi connectivity index (χ2v) is 6.18. The third-order valence-corrected chi connectivity index (χ3v) is 4.62. The molecule has 0 aromatic heterocycles. The minimum Gasteiger partial charge on any atom is -0.395 e. The van der Waals surface area contributed by atoms with Gasteiger partial charge in [0.25, 0.3) is 0 Å². The first-order valence-electron chi connectivity index (χ1n) is 7.08. The summed E-state index contributed by atoms with van der Waals surface area (Å²) < 4.78 is 0. The van der Waals surface area contributed by atoms with E-state index in [1.54, 1.807) is 0 Å². The number of aryl methyl sites for hydroxylation is 1. The van der Waals surface area contributed by atoms with Crippen molar-refractivity contribution in [3.05, 3.63) is 29.8 Å². The summed E-state index contributed by atoms with van der Waals surface area (Å²) in [5.74, 6) is 0.528. The molecular weight excluding hydrogens is 288 g/mol. The third kappa shape index (κ3) is 4.75. The van der Waals surface area contributed by atoms with Crippen molar-refractivity contribution in [3.8, 4) is 0 Å². The Morgan fingerprint density at radius 2 is 2.24 bits per heavy atom. The zero-order chi connectivity index (χ0) is 15.1. The number of hydrogen-bond donors (Lipinski definition) is 3. The molecule has 0 saturated heterocycles. The Morgan fingerprint density at radius 1 is 1.43 bits per heavy atom. The van der Waals surface area contributed by atoms with E-state index in [0.29, 0.717) is 12.2 Å². The van der Waals surface area contributed by atoms with Crippen LogP contribution in [0.5, 0.6) is 0 Å². The molecule has 6 heteroatoms. The number of hydrogen-bond acceptors (Lipinski definition) is 4.